The zero-order valence-electron chi connectivity index (χ0n) is 9.12. The molecule has 1 aromatic rings. The predicted molar refractivity (Wildman–Crippen MR) is 56.5 cm³/mol. The molecular weight excluding hydrogens is 192 g/mol. The number of aryl methyl sites for hydroxylation is 1. The van der Waals surface area contributed by atoms with Crippen LogP contribution in [0.15, 0.2) is 6.33 Å². The van der Waals surface area contributed by atoms with Gasteiger partial charge in [0.1, 0.15) is 12.2 Å². The Morgan fingerprint density at radius 1 is 1.60 bits per heavy atom. The van der Waals surface area contributed by atoms with Gasteiger partial charge in [-0.25, -0.2) is 4.98 Å². The Balaban J connectivity index is 1.52. The highest BCUT2D eigenvalue weighted by molar-refractivity contribution is 4.83. The Kier molecular flexibility index (Phi) is 3.33. The van der Waals surface area contributed by atoms with E-state index in [1.165, 1.54) is 0 Å². The summed E-state index contributed by atoms with van der Waals surface area (Å²) in [5, 5.41) is 10.1. The number of aromatic nitrogens is 3. The standard InChI is InChI=1S/C10H18N4O/c1-10(6-15-7-10)5-11-4-2-3-9-12-8-13-14-9/h8,11H,2-7H2,1H3,(H,12,13,14). The van der Waals surface area contributed by atoms with Crippen LogP contribution < -0.4 is 5.32 Å². The molecule has 0 radical (unpaired) electrons. The lowest BCUT2D eigenvalue weighted by Crippen LogP contribution is -2.47. The molecule has 2 rings (SSSR count). The second kappa shape index (κ2) is 4.72. The van der Waals surface area contributed by atoms with Crippen molar-refractivity contribution in [1.29, 1.82) is 0 Å². The van der Waals surface area contributed by atoms with Gasteiger partial charge in [-0.2, -0.15) is 5.10 Å². The smallest absolute Gasteiger partial charge is 0.137 e. The van der Waals surface area contributed by atoms with Crippen molar-refractivity contribution in [3.63, 3.8) is 0 Å². The van der Waals surface area contributed by atoms with Crippen LogP contribution in [-0.4, -0.2) is 41.5 Å². The highest BCUT2D eigenvalue weighted by Gasteiger charge is 2.32. The predicted octanol–water partition coefficient (Wildman–Crippen LogP) is 0.363. The van der Waals surface area contributed by atoms with Crippen LogP contribution in [0.5, 0.6) is 0 Å². The van der Waals surface area contributed by atoms with Crippen molar-refractivity contribution in [3.05, 3.63) is 12.2 Å². The summed E-state index contributed by atoms with van der Waals surface area (Å²) in [6, 6.07) is 0. The summed E-state index contributed by atoms with van der Waals surface area (Å²) in [5.41, 5.74) is 0.367. The van der Waals surface area contributed by atoms with E-state index in [1.54, 1.807) is 6.33 Å². The first-order valence-corrected chi connectivity index (χ1v) is 5.41. The minimum absolute atomic E-state index is 0.367. The van der Waals surface area contributed by atoms with Crippen LogP contribution in [0.1, 0.15) is 19.2 Å². The molecule has 5 heteroatoms. The third kappa shape index (κ3) is 3.00. The van der Waals surface area contributed by atoms with Gasteiger partial charge >= 0.3 is 0 Å². The molecule has 0 unspecified atom stereocenters. The van der Waals surface area contributed by atoms with Crippen LogP contribution in [0.4, 0.5) is 0 Å². The summed E-state index contributed by atoms with van der Waals surface area (Å²) >= 11 is 0. The van der Waals surface area contributed by atoms with Crippen molar-refractivity contribution in [2.45, 2.75) is 19.8 Å². The molecule has 1 saturated heterocycles. The van der Waals surface area contributed by atoms with Crippen molar-refractivity contribution in [2.75, 3.05) is 26.3 Å². The lowest BCUT2D eigenvalue weighted by Gasteiger charge is -2.38. The molecule has 1 aliphatic heterocycles. The molecule has 0 spiro atoms. The van der Waals surface area contributed by atoms with Gasteiger partial charge in [0.15, 0.2) is 0 Å². The highest BCUT2D eigenvalue weighted by atomic mass is 16.5. The topological polar surface area (TPSA) is 62.8 Å². The molecule has 0 amide bonds. The summed E-state index contributed by atoms with van der Waals surface area (Å²) in [6.07, 6.45) is 3.60. The molecule has 15 heavy (non-hydrogen) atoms. The van der Waals surface area contributed by atoms with Crippen LogP contribution in [0, 0.1) is 5.41 Å². The fourth-order valence-corrected chi connectivity index (χ4v) is 1.67. The van der Waals surface area contributed by atoms with E-state index in [2.05, 4.69) is 27.4 Å². The average molecular weight is 210 g/mol. The molecule has 84 valence electrons. The summed E-state index contributed by atoms with van der Waals surface area (Å²) in [7, 11) is 0. The number of H-pyrrole nitrogens is 1. The lowest BCUT2D eigenvalue weighted by atomic mass is 9.89. The first kappa shape index (κ1) is 10.6. The van der Waals surface area contributed by atoms with E-state index in [4.69, 9.17) is 4.74 Å². The summed E-state index contributed by atoms with van der Waals surface area (Å²) in [4.78, 5) is 4.08. The van der Waals surface area contributed by atoms with Gasteiger partial charge in [0.2, 0.25) is 0 Å². The van der Waals surface area contributed by atoms with Gasteiger partial charge in [0.25, 0.3) is 0 Å². The van der Waals surface area contributed by atoms with E-state index >= 15 is 0 Å². The van der Waals surface area contributed by atoms with Crippen LogP contribution in [0.2, 0.25) is 0 Å². The number of aromatic amines is 1. The molecule has 1 fully saturated rings. The Morgan fingerprint density at radius 2 is 2.47 bits per heavy atom. The van der Waals surface area contributed by atoms with Gasteiger partial charge in [-0.3, -0.25) is 5.10 Å². The van der Waals surface area contributed by atoms with Gasteiger partial charge in [-0.1, -0.05) is 6.92 Å². The largest absolute Gasteiger partial charge is 0.380 e. The Bertz CT molecular complexity index is 282. The number of hydrogen-bond donors (Lipinski definition) is 2. The first-order valence-electron chi connectivity index (χ1n) is 5.41. The van der Waals surface area contributed by atoms with Gasteiger partial charge in [0.05, 0.1) is 13.2 Å². The van der Waals surface area contributed by atoms with Gasteiger partial charge in [0, 0.05) is 18.4 Å². The van der Waals surface area contributed by atoms with Crippen molar-refractivity contribution in [1.82, 2.24) is 20.5 Å². The maximum absolute atomic E-state index is 5.19. The SMILES string of the molecule is CC1(CNCCCc2ncn[nH]2)COC1. The van der Waals surface area contributed by atoms with E-state index in [0.717, 1.165) is 45.0 Å². The molecule has 2 N–H and O–H groups in total. The third-order valence-electron chi connectivity index (χ3n) is 2.68. The second-order valence-electron chi connectivity index (χ2n) is 4.52. The maximum atomic E-state index is 5.19. The van der Waals surface area contributed by atoms with Gasteiger partial charge in [-0.15, -0.1) is 0 Å². The number of ether oxygens (including phenoxy) is 1. The van der Waals surface area contributed by atoms with Crippen molar-refractivity contribution in [2.24, 2.45) is 5.41 Å². The van der Waals surface area contributed by atoms with Crippen molar-refractivity contribution >= 4 is 0 Å². The quantitative estimate of drug-likeness (QED) is 0.666. The van der Waals surface area contributed by atoms with E-state index in [1.807, 2.05) is 0 Å². The Labute approximate surface area is 89.6 Å². The Hall–Kier alpha value is -0.940. The summed E-state index contributed by atoms with van der Waals surface area (Å²) < 4.78 is 5.19. The molecule has 0 atom stereocenters. The van der Waals surface area contributed by atoms with E-state index in [-0.39, 0.29) is 0 Å². The normalized spacial score (nSPS) is 18.7. The zero-order chi connectivity index (χ0) is 10.6. The molecule has 0 bridgehead atoms. The van der Waals surface area contributed by atoms with Crippen LogP contribution in [0.3, 0.4) is 0 Å². The van der Waals surface area contributed by atoms with Crippen LogP contribution in [0.25, 0.3) is 0 Å². The molecule has 1 aromatic heterocycles. The van der Waals surface area contributed by atoms with Crippen molar-refractivity contribution in [3.8, 4) is 0 Å². The molecule has 1 aliphatic rings. The molecule has 0 saturated carbocycles. The van der Waals surface area contributed by atoms with Gasteiger partial charge < -0.3 is 10.1 Å². The van der Waals surface area contributed by atoms with Crippen LogP contribution >= 0.6 is 0 Å². The average Bonchev–Trinajstić information content (AvgIpc) is 2.67. The van der Waals surface area contributed by atoms with Gasteiger partial charge in [-0.05, 0) is 13.0 Å². The molecular formula is C10H18N4O. The monoisotopic (exact) mass is 210 g/mol. The van der Waals surface area contributed by atoms with Crippen LogP contribution in [-0.2, 0) is 11.2 Å². The first-order chi connectivity index (χ1) is 7.29. The zero-order valence-corrected chi connectivity index (χ0v) is 9.12. The second-order valence-corrected chi connectivity index (χ2v) is 4.52. The lowest BCUT2D eigenvalue weighted by molar-refractivity contribution is -0.0989. The third-order valence-corrected chi connectivity index (χ3v) is 2.68. The summed E-state index contributed by atoms with van der Waals surface area (Å²) in [5.74, 6) is 0.968. The minimum Gasteiger partial charge on any atom is -0.380 e. The Morgan fingerprint density at radius 3 is 3.07 bits per heavy atom. The number of nitrogens with zero attached hydrogens (tertiary/aromatic N) is 2. The van der Waals surface area contributed by atoms with Crippen molar-refractivity contribution < 1.29 is 4.74 Å². The number of rotatable bonds is 6. The van der Waals surface area contributed by atoms with E-state index in [0.29, 0.717) is 5.41 Å². The summed E-state index contributed by atoms with van der Waals surface area (Å²) in [6.45, 7) is 6.10. The van der Waals surface area contributed by atoms with E-state index < -0.39 is 0 Å². The molecule has 0 aliphatic carbocycles. The molecule has 5 nitrogen and oxygen atoms in total. The number of hydrogen-bond acceptors (Lipinski definition) is 4. The fourth-order valence-electron chi connectivity index (χ4n) is 1.67. The molecule has 2 heterocycles. The minimum atomic E-state index is 0.367. The number of nitrogens with one attached hydrogen (secondary N) is 2. The van der Waals surface area contributed by atoms with E-state index in [9.17, 15) is 0 Å². The molecule has 0 aromatic carbocycles. The fraction of sp³-hybridized carbons (Fsp3) is 0.800. The highest BCUT2D eigenvalue weighted by Crippen LogP contribution is 2.24. The maximum Gasteiger partial charge on any atom is 0.137 e.